The fourth-order valence-electron chi connectivity index (χ4n) is 0. The average Bonchev–Trinajstić information content (AvgIpc) is 1.00. The van der Waals surface area contributed by atoms with E-state index in [1.165, 1.54) is 0 Å². The Balaban J connectivity index is -0.00000000167. The van der Waals surface area contributed by atoms with Gasteiger partial charge in [0, 0.05) is 0 Å². The number of rotatable bonds is 0. The minimum atomic E-state index is 0. The summed E-state index contributed by atoms with van der Waals surface area (Å²) in [4.78, 5) is 0. The second-order valence-corrected chi connectivity index (χ2v) is 0. The Morgan fingerprint density at radius 3 is 0.800 bits per heavy atom. The fraction of sp³-hybridized carbons (Fsp3) is 0. The molecule has 0 N–H and O–H groups in total. The zero-order valence-electron chi connectivity index (χ0n) is 2.88. The number of halogens is 2. The Hall–Kier alpha value is 1.97. The standard InChI is InChI=1S/C2H4.2HI.Mg/c1-2;;;/h1-2H2;2*1H;/q;;;+2/p-2. The van der Waals surface area contributed by atoms with Crippen molar-refractivity contribution in [2.75, 3.05) is 0 Å². The molecular weight excluding hydrogens is 302 g/mol. The Morgan fingerprint density at radius 1 is 0.800 bits per heavy atom. The molecule has 0 aromatic rings. The number of hydrogen-bond donors (Lipinski definition) is 0. The molecule has 0 rings (SSSR count). The van der Waals surface area contributed by atoms with Crippen molar-refractivity contribution in [2.24, 2.45) is 0 Å². The van der Waals surface area contributed by atoms with Crippen LogP contribution in [0, 0.1) is 0 Å². The average molecular weight is 306 g/mol. The van der Waals surface area contributed by atoms with Crippen molar-refractivity contribution in [2.45, 2.75) is 0 Å². The van der Waals surface area contributed by atoms with Crippen LogP contribution in [0.4, 0.5) is 0 Å². The molecule has 0 fully saturated rings. The van der Waals surface area contributed by atoms with E-state index in [0.29, 0.717) is 0 Å². The van der Waals surface area contributed by atoms with Gasteiger partial charge >= 0.3 is 23.1 Å². The first-order valence-electron chi connectivity index (χ1n) is 0.500. The summed E-state index contributed by atoms with van der Waals surface area (Å²) in [6.07, 6.45) is 0. The Bertz CT molecular complexity index is 7.61. The van der Waals surface area contributed by atoms with Gasteiger partial charge in [-0.05, 0) is 0 Å². The van der Waals surface area contributed by atoms with Crippen LogP contribution in [0.25, 0.3) is 0 Å². The van der Waals surface area contributed by atoms with E-state index in [2.05, 4.69) is 13.2 Å². The Morgan fingerprint density at radius 2 is 0.800 bits per heavy atom. The van der Waals surface area contributed by atoms with E-state index in [4.69, 9.17) is 0 Å². The molecule has 0 aliphatic heterocycles. The summed E-state index contributed by atoms with van der Waals surface area (Å²) in [5.41, 5.74) is 0. The molecule has 0 saturated carbocycles. The third kappa shape index (κ3) is 24.3. The maximum Gasteiger partial charge on any atom is 2.00 e. The van der Waals surface area contributed by atoms with Gasteiger partial charge in [-0.25, -0.2) is 0 Å². The van der Waals surface area contributed by atoms with Gasteiger partial charge in [-0.1, -0.05) is 0 Å². The first-order valence-corrected chi connectivity index (χ1v) is 0.500. The molecule has 0 heterocycles. The molecule has 0 aromatic carbocycles. The summed E-state index contributed by atoms with van der Waals surface area (Å²) < 4.78 is 0. The van der Waals surface area contributed by atoms with Crippen LogP contribution in [0.1, 0.15) is 0 Å². The van der Waals surface area contributed by atoms with E-state index in [1.54, 1.807) is 0 Å². The topological polar surface area (TPSA) is 0 Å². The van der Waals surface area contributed by atoms with Gasteiger partial charge in [0.05, 0.1) is 0 Å². The summed E-state index contributed by atoms with van der Waals surface area (Å²) in [6, 6.07) is 0. The number of hydrogen-bond acceptors (Lipinski definition) is 0. The van der Waals surface area contributed by atoms with E-state index in [-0.39, 0.29) is 71.0 Å². The minimum Gasteiger partial charge on any atom is -1.00 e. The van der Waals surface area contributed by atoms with Crippen LogP contribution in [0.3, 0.4) is 0 Å². The largest absolute Gasteiger partial charge is 2.00 e. The normalized spacial score (nSPS) is 0.800. The van der Waals surface area contributed by atoms with Crippen molar-refractivity contribution in [3.8, 4) is 0 Å². The van der Waals surface area contributed by atoms with Crippen LogP contribution >= 0.6 is 0 Å². The Labute approximate surface area is 83.0 Å². The van der Waals surface area contributed by atoms with Crippen molar-refractivity contribution >= 4 is 23.1 Å². The van der Waals surface area contributed by atoms with Gasteiger partial charge in [-0.3, -0.25) is 0 Å². The summed E-state index contributed by atoms with van der Waals surface area (Å²) >= 11 is 0. The fourth-order valence-corrected chi connectivity index (χ4v) is 0. The summed E-state index contributed by atoms with van der Waals surface area (Å²) in [5, 5.41) is 0. The summed E-state index contributed by atoms with van der Waals surface area (Å²) in [6.45, 7) is 6.00. The van der Waals surface area contributed by atoms with Gasteiger partial charge in [-0.15, -0.1) is 13.2 Å². The third-order valence-electron chi connectivity index (χ3n) is 0. The molecule has 5 heavy (non-hydrogen) atoms. The maximum atomic E-state index is 3.00. The molecule has 0 radical (unpaired) electrons. The van der Waals surface area contributed by atoms with E-state index >= 15 is 0 Å². The monoisotopic (exact) mass is 306 g/mol. The van der Waals surface area contributed by atoms with Crippen molar-refractivity contribution in [1.29, 1.82) is 0 Å². The van der Waals surface area contributed by atoms with Crippen LogP contribution in [-0.4, -0.2) is 23.1 Å². The molecule has 0 saturated heterocycles. The zero-order chi connectivity index (χ0) is 2.00. The molecule has 0 nitrogen and oxygen atoms in total. The van der Waals surface area contributed by atoms with Gasteiger partial charge in [0.1, 0.15) is 0 Å². The molecule has 0 aliphatic carbocycles. The summed E-state index contributed by atoms with van der Waals surface area (Å²) in [7, 11) is 0. The van der Waals surface area contributed by atoms with Gasteiger partial charge in [0.25, 0.3) is 0 Å². The predicted molar refractivity (Wildman–Crippen MR) is 17.0 cm³/mol. The van der Waals surface area contributed by atoms with Gasteiger partial charge in [0.15, 0.2) is 0 Å². The molecule has 0 amide bonds. The predicted octanol–water partition coefficient (Wildman–Crippen LogP) is -5.57. The molecule has 0 aromatic heterocycles. The summed E-state index contributed by atoms with van der Waals surface area (Å²) in [5.74, 6) is 0. The van der Waals surface area contributed by atoms with Crippen molar-refractivity contribution in [3.05, 3.63) is 13.2 Å². The molecule has 28 valence electrons. The van der Waals surface area contributed by atoms with Gasteiger partial charge < -0.3 is 48.0 Å². The first kappa shape index (κ1) is 28.2. The van der Waals surface area contributed by atoms with E-state index in [0.717, 1.165) is 0 Å². The van der Waals surface area contributed by atoms with Crippen molar-refractivity contribution < 1.29 is 48.0 Å². The second-order valence-electron chi connectivity index (χ2n) is 0. The minimum absolute atomic E-state index is 0. The maximum absolute atomic E-state index is 3.00. The quantitative estimate of drug-likeness (QED) is 0.238. The molecule has 0 atom stereocenters. The smallest absolute Gasteiger partial charge is 1.00 e. The molecule has 0 spiro atoms. The molecule has 3 heteroatoms. The third-order valence-corrected chi connectivity index (χ3v) is 0. The van der Waals surface area contributed by atoms with Gasteiger partial charge in [-0.2, -0.15) is 0 Å². The first-order chi connectivity index (χ1) is 1.00. The van der Waals surface area contributed by atoms with Crippen LogP contribution < -0.4 is 48.0 Å². The van der Waals surface area contributed by atoms with Crippen molar-refractivity contribution in [1.82, 2.24) is 0 Å². The Kier molecular flexibility index (Phi) is 215. The van der Waals surface area contributed by atoms with E-state index in [1.807, 2.05) is 0 Å². The molecular formula is C2H4I2Mg. The molecule has 0 unspecified atom stereocenters. The van der Waals surface area contributed by atoms with Crippen LogP contribution in [-0.2, 0) is 0 Å². The van der Waals surface area contributed by atoms with E-state index < -0.39 is 0 Å². The van der Waals surface area contributed by atoms with Gasteiger partial charge in [0.2, 0.25) is 0 Å². The zero-order valence-corrected chi connectivity index (χ0v) is 8.61. The van der Waals surface area contributed by atoms with Crippen LogP contribution in [0.5, 0.6) is 0 Å². The van der Waals surface area contributed by atoms with E-state index in [9.17, 15) is 0 Å². The SMILES string of the molecule is C=C.[I-].[I-].[Mg+2]. The van der Waals surface area contributed by atoms with Crippen molar-refractivity contribution in [3.63, 3.8) is 0 Å². The van der Waals surface area contributed by atoms with Crippen LogP contribution in [0.15, 0.2) is 13.2 Å². The molecule has 0 bridgehead atoms. The second kappa shape index (κ2) is 38.1. The van der Waals surface area contributed by atoms with Crippen LogP contribution in [0.2, 0.25) is 0 Å². The molecule has 0 aliphatic rings.